The van der Waals surface area contributed by atoms with Crippen molar-refractivity contribution >= 4 is 35.3 Å². The van der Waals surface area contributed by atoms with Crippen molar-refractivity contribution in [3.05, 3.63) is 0 Å². The van der Waals surface area contributed by atoms with Gasteiger partial charge in [0.2, 0.25) is 17.7 Å². The molecule has 1 saturated heterocycles. The van der Waals surface area contributed by atoms with Gasteiger partial charge < -0.3 is 5.32 Å². The van der Waals surface area contributed by atoms with Crippen LogP contribution in [-0.2, 0) is 19.2 Å². The molecule has 1 heterocycles. The van der Waals surface area contributed by atoms with Gasteiger partial charge in [0.05, 0.1) is 5.25 Å². The fourth-order valence-electron chi connectivity index (χ4n) is 1.70. The first kappa shape index (κ1) is 20.6. The third-order valence-corrected chi connectivity index (χ3v) is 4.03. The quantitative estimate of drug-likeness (QED) is 0.713. The van der Waals surface area contributed by atoms with E-state index in [0.717, 1.165) is 4.90 Å². The number of Topliss-reactive ketones (excluding diaryl/α,β-unsaturated/α-hetero) is 1. The van der Waals surface area contributed by atoms with Crippen molar-refractivity contribution in [2.75, 3.05) is 19.3 Å². The molecular weight excluding hydrogens is 304 g/mol. The summed E-state index contributed by atoms with van der Waals surface area (Å²) in [4.78, 5) is 46.7. The lowest BCUT2D eigenvalue weighted by molar-refractivity contribution is -0.138. The summed E-state index contributed by atoms with van der Waals surface area (Å²) in [5.74, 6) is -0.0758. The highest BCUT2D eigenvalue weighted by Gasteiger charge is 2.38. The molecule has 1 aliphatic heterocycles. The molecule has 126 valence electrons. The minimum atomic E-state index is -0.406. The maximum atomic E-state index is 12.0. The van der Waals surface area contributed by atoms with Crippen LogP contribution in [0.3, 0.4) is 0 Å². The molecule has 1 atom stereocenters. The third-order valence-electron chi connectivity index (χ3n) is 2.82. The molecule has 1 unspecified atom stereocenters. The van der Waals surface area contributed by atoms with Crippen LogP contribution in [0.15, 0.2) is 0 Å². The van der Waals surface area contributed by atoms with Crippen LogP contribution in [0, 0.1) is 0 Å². The highest BCUT2D eigenvalue weighted by molar-refractivity contribution is 8.00. The first-order chi connectivity index (χ1) is 10.4. The van der Waals surface area contributed by atoms with E-state index in [2.05, 4.69) is 19.2 Å². The van der Waals surface area contributed by atoms with Gasteiger partial charge in [0.25, 0.3) is 0 Å². The Morgan fingerprint density at radius 2 is 1.86 bits per heavy atom. The second-order valence-corrected chi connectivity index (χ2v) is 6.34. The van der Waals surface area contributed by atoms with Crippen LogP contribution < -0.4 is 5.32 Å². The molecule has 1 N–H and O–H groups in total. The molecule has 1 aliphatic rings. The van der Waals surface area contributed by atoms with Crippen LogP contribution in [-0.4, -0.2) is 53.0 Å². The first-order valence-electron chi connectivity index (χ1n) is 7.53. The number of rotatable bonds is 7. The molecule has 0 saturated carbocycles. The zero-order chi connectivity index (χ0) is 17.1. The van der Waals surface area contributed by atoms with E-state index in [9.17, 15) is 19.2 Å². The van der Waals surface area contributed by atoms with E-state index >= 15 is 0 Å². The topological polar surface area (TPSA) is 83.6 Å². The van der Waals surface area contributed by atoms with Crippen LogP contribution in [0.2, 0.25) is 0 Å². The molecule has 0 bridgehead atoms. The van der Waals surface area contributed by atoms with E-state index < -0.39 is 5.25 Å². The number of amides is 3. The molecule has 1 rings (SSSR count). The maximum Gasteiger partial charge on any atom is 0.242 e. The Morgan fingerprint density at radius 3 is 2.36 bits per heavy atom. The van der Waals surface area contributed by atoms with E-state index in [1.807, 2.05) is 0 Å². The fourth-order valence-corrected chi connectivity index (χ4v) is 2.92. The smallest absolute Gasteiger partial charge is 0.242 e. The van der Waals surface area contributed by atoms with Gasteiger partial charge in [-0.25, -0.2) is 0 Å². The number of imide groups is 1. The van der Waals surface area contributed by atoms with Gasteiger partial charge in [-0.3, -0.25) is 24.1 Å². The molecule has 1 fully saturated rings. The molecule has 0 aromatic rings. The second kappa shape index (κ2) is 11.2. The third kappa shape index (κ3) is 7.59. The largest absolute Gasteiger partial charge is 0.359 e. The molecular formula is C15H26N2O4S. The number of nitrogens with one attached hydrogen (secondary N) is 1. The SMILES string of the molecule is CCC.CNC(=O)CCN1C(=O)CC(SCCC(C)=O)C1=O. The molecule has 0 aliphatic carbocycles. The highest BCUT2D eigenvalue weighted by Crippen LogP contribution is 2.25. The summed E-state index contributed by atoms with van der Waals surface area (Å²) in [5, 5.41) is 2.04. The van der Waals surface area contributed by atoms with Gasteiger partial charge in [-0.15, -0.1) is 11.8 Å². The lowest BCUT2D eigenvalue weighted by Gasteiger charge is -2.14. The number of hydrogen-bond donors (Lipinski definition) is 1. The molecule has 0 radical (unpaired) electrons. The minimum Gasteiger partial charge on any atom is -0.359 e. The summed E-state index contributed by atoms with van der Waals surface area (Å²) in [6.45, 7) is 5.87. The van der Waals surface area contributed by atoms with Gasteiger partial charge >= 0.3 is 0 Å². The van der Waals surface area contributed by atoms with E-state index in [1.165, 1.54) is 32.2 Å². The van der Waals surface area contributed by atoms with Gasteiger partial charge in [0, 0.05) is 38.6 Å². The normalized spacial score (nSPS) is 17.1. The van der Waals surface area contributed by atoms with Crippen LogP contribution in [0.25, 0.3) is 0 Å². The van der Waals surface area contributed by atoms with Crippen LogP contribution in [0.4, 0.5) is 0 Å². The van der Waals surface area contributed by atoms with Crippen LogP contribution in [0.5, 0.6) is 0 Å². The van der Waals surface area contributed by atoms with Gasteiger partial charge in [0.1, 0.15) is 5.78 Å². The standard InChI is InChI=1S/C12H18N2O4S.C3H8/c1-8(15)4-6-19-9-7-11(17)14(12(9)18)5-3-10(16)13-2;1-3-2/h9H,3-7H2,1-2H3,(H,13,16);3H2,1-2H3. The van der Waals surface area contributed by atoms with Crippen molar-refractivity contribution in [1.29, 1.82) is 0 Å². The molecule has 22 heavy (non-hydrogen) atoms. The Bertz CT molecular complexity index is 412. The van der Waals surface area contributed by atoms with Crippen molar-refractivity contribution in [3.8, 4) is 0 Å². The van der Waals surface area contributed by atoms with E-state index in [0.29, 0.717) is 12.2 Å². The molecule has 0 spiro atoms. The zero-order valence-electron chi connectivity index (χ0n) is 13.8. The summed E-state index contributed by atoms with van der Waals surface area (Å²) in [6, 6.07) is 0. The molecule has 6 nitrogen and oxygen atoms in total. The molecule has 3 amide bonds. The van der Waals surface area contributed by atoms with Crippen molar-refractivity contribution in [3.63, 3.8) is 0 Å². The summed E-state index contributed by atoms with van der Waals surface area (Å²) >= 11 is 1.33. The number of carbonyl (C=O) groups is 4. The van der Waals surface area contributed by atoms with Gasteiger partial charge in [-0.1, -0.05) is 20.3 Å². The van der Waals surface area contributed by atoms with Crippen LogP contribution in [0.1, 0.15) is 46.5 Å². The van der Waals surface area contributed by atoms with Crippen molar-refractivity contribution in [2.45, 2.75) is 51.7 Å². The fraction of sp³-hybridized carbons (Fsp3) is 0.733. The summed E-state index contributed by atoms with van der Waals surface area (Å²) in [7, 11) is 1.51. The minimum absolute atomic E-state index is 0.0701. The summed E-state index contributed by atoms with van der Waals surface area (Å²) in [5.41, 5.74) is 0. The Morgan fingerprint density at radius 1 is 1.27 bits per heavy atom. The summed E-state index contributed by atoms with van der Waals surface area (Å²) in [6.07, 6.45) is 1.94. The number of likely N-dealkylation sites (tertiary alicyclic amines) is 1. The highest BCUT2D eigenvalue weighted by atomic mass is 32.2. The molecule has 0 aromatic heterocycles. The lowest BCUT2D eigenvalue weighted by atomic mass is 10.3. The van der Waals surface area contributed by atoms with E-state index in [-0.39, 0.29) is 42.9 Å². The number of hydrogen-bond acceptors (Lipinski definition) is 5. The Balaban J connectivity index is 0.00000135. The lowest BCUT2D eigenvalue weighted by Crippen LogP contribution is -2.34. The zero-order valence-corrected chi connectivity index (χ0v) is 14.6. The summed E-state index contributed by atoms with van der Waals surface area (Å²) < 4.78 is 0. The Hall–Kier alpha value is -1.37. The number of nitrogens with zero attached hydrogens (tertiary/aromatic N) is 1. The Kier molecular flexibility index (Phi) is 10.5. The number of thioether (sulfide) groups is 1. The Labute approximate surface area is 136 Å². The van der Waals surface area contributed by atoms with Gasteiger partial charge in [-0.2, -0.15) is 0 Å². The van der Waals surface area contributed by atoms with Crippen molar-refractivity contribution in [2.24, 2.45) is 0 Å². The number of ketones is 1. The second-order valence-electron chi connectivity index (χ2n) is 5.03. The number of carbonyl (C=O) groups excluding carboxylic acids is 4. The van der Waals surface area contributed by atoms with E-state index in [1.54, 1.807) is 0 Å². The average molecular weight is 330 g/mol. The van der Waals surface area contributed by atoms with E-state index in [4.69, 9.17) is 0 Å². The van der Waals surface area contributed by atoms with Gasteiger partial charge in [0.15, 0.2) is 0 Å². The molecule has 0 aromatic carbocycles. The first-order valence-corrected chi connectivity index (χ1v) is 8.57. The monoisotopic (exact) mass is 330 g/mol. The molecule has 7 heteroatoms. The predicted octanol–water partition coefficient (Wildman–Crippen LogP) is 1.38. The van der Waals surface area contributed by atoms with Crippen molar-refractivity contribution in [1.82, 2.24) is 10.2 Å². The maximum absolute atomic E-state index is 12.0. The average Bonchev–Trinajstić information content (AvgIpc) is 2.71. The van der Waals surface area contributed by atoms with Gasteiger partial charge in [-0.05, 0) is 6.92 Å². The predicted molar refractivity (Wildman–Crippen MR) is 87.5 cm³/mol. The van der Waals surface area contributed by atoms with Crippen LogP contribution >= 0.6 is 11.8 Å². The van der Waals surface area contributed by atoms with Crippen molar-refractivity contribution < 1.29 is 19.2 Å².